The molecule has 1 aromatic rings. The van der Waals surface area contributed by atoms with Crippen molar-refractivity contribution in [1.29, 1.82) is 0 Å². The van der Waals surface area contributed by atoms with Gasteiger partial charge >= 0.3 is 5.97 Å². The van der Waals surface area contributed by atoms with Crippen LogP contribution in [-0.2, 0) is 11.3 Å². The second-order valence-corrected chi connectivity index (χ2v) is 6.36. The summed E-state index contributed by atoms with van der Waals surface area (Å²) in [6.45, 7) is 3.80. The topological polar surface area (TPSA) is 77.4 Å². The van der Waals surface area contributed by atoms with Crippen LogP contribution in [0.3, 0.4) is 0 Å². The lowest BCUT2D eigenvalue weighted by Gasteiger charge is -2.50. The molecule has 114 valence electrons. The average molecular weight is 291 g/mol. The highest BCUT2D eigenvalue weighted by Gasteiger charge is 2.51. The molecule has 5 heteroatoms. The van der Waals surface area contributed by atoms with Crippen LogP contribution < -0.4 is 5.11 Å². The molecule has 2 rings (SSSR count). The number of carbonyl (C=O) groups is 2. The third-order valence-corrected chi connectivity index (χ3v) is 4.78. The number of aliphatic carboxylic acids is 1. The van der Waals surface area contributed by atoms with Gasteiger partial charge in [-0.15, -0.1) is 0 Å². The van der Waals surface area contributed by atoms with Gasteiger partial charge in [0.1, 0.15) is 18.5 Å². The number of carbonyl (C=O) groups excluding carboxylic acids is 1. The first-order chi connectivity index (χ1) is 9.80. The molecule has 1 fully saturated rings. The van der Waals surface area contributed by atoms with Crippen molar-refractivity contribution in [3.63, 3.8) is 0 Å². The van der Waals surface area contributed by atoms with Gasteiger partial charge in [0.05, 0.1) is 6.04 Å². The summed E-state index contributed by atoms with van der Waals surface area (Å²) in [7, 11) is 0. The number of piperidine rings is 1. The van der Waals surface area contributed by atoms with Crippen LogP contribution in [0.1, 0.15) is 32.3 Å². The number of carboxylic acid groups (broad SMARTS) is 2. The summed E-state index contributed by atoms with van der Waals surface area (Å²) < 4.78 is -0.327. The Morgan fingerprint density at radius 1 is 1.38 bits per heavy atom. The molecule has 21 heavy (non-hydrogen) atoms. The van der Waals surface area contributed by atoms with Gasteiger partial charge in [0.15, 0.2) is 0 Å². The Kier molecular flexibility index (Phi) is 4.05. The van der Waals surface area contributed by atoms with E-state index in [9.17, 15) is 19.8 Å². The van der Waals surface area contributed by atoms with Crippen LogP contribution in [0.5, 0.6) is 0 Å². The van der Waals surface area contributed by atoms with Crippen molar-refractivity contribution in [3.8, 4) is 0 Å². The van der Waals surface area contributed by atoms with Crippen LogP contribution in [0.25, 0.3) is 0 Å². The number of likely N-dealkylation sites (tertiary alicyclic amines) is 1. The Hall–Kier alpha value is -1.88. The molecule has 0 aromatic heterocycles. The highest BCUT2D eigenvalue weighted by molar-refractivity contribution is 5.74. The van der Waals surface area contributed by atoms with E-state index in [1.807, 2.05) is 37.3 Å². The van der Waals surface area contributed by atoms with Crippen molar-refractivity contribution in [2.75, 3.05) is 6.54 Å². The maximum atomic E-state index is 11.9. The Morgan fingerprint density at radius 3 is 2.52 bits per heavy atom. The highest BCUT2D eigenvalue weighted by Crippen LogP contribution is 2.39. The van der Waals surface area contributed by atoms with E-state index in [0.717, 1.165) is 5.56 Å². The van der Waals surface area contributed by atoms with Crippen LogP contribution in [0.4, 0.5) is 4.79 Å². The minimum atomic E-state index is -1.20. The van der Waals surface area contributed by atoms with E-state index in [4.69, 9.17) is 0 Å². The Bertz CT molecular complexity index is 544. The monoisotopic (exact) mass is 291 g/mol. The maximum absolute atomic E-state index is 11.9. The van der Waals surface area contributed by atoms with Crippen LogP contribution in [0, 0.1) is 5.41 Å². The van der Waals surface area contributed by atoms with Crippen LogP contribution in [0.2, 0.25) is 0 Å². The molecule has 0 saturated carbocycles. The molecule has 0 spiro atoms. The minimum Gasteiger partial charge on any atom is -0.498 e. The zero-order chi connectivity index (χ0) is 15.7. The van der Waals surface area contributed by atoms with E-state index in [-0.39, 0.29) is 23.6 Å². The second-order valence-electron chi connectivity index (χ2n) is 6.36. The first-order valence-electron chi connectivity index (χ1n) is 7.16. The normalized spacial score (nSPS) is 32.6. The van der Waals surface area contributed by atoms with Gasteiger partial charge in [0, 0.05) is 12.0 Å². The summed E-state index contributed by atoms with van der Waals surface area (Å²) in [5, 5.41) is 21.3. The lowest BCUT2D eigenvalue weighted by atomic mass is 9.78. The number of hydrogen-bond acceptors (Lipinski definition) is 3. The molecule has 1 N–H and O–H groups in total. The maximum Gasteiger partial charge on any atom is 0.315 e. The van der Waals surface area contributed by atoms with Gasteiger partial charge in [0.25, 0.3) is 6.09 Å². The highest BCUT2D eigenvalue weighted by atomic mass is 16.4. The Balaban J connectivity index is 2.39. The van der Waals surface area contributed by atoms with Gasteiger partial charge in [-0.25, -0.2) is 0 Å². The van der Waals surface area contributed by atoms with Crippen molar-refractivity contribution < 1.29 is 24.3 Å². The summed E-state index contributed by atoms with van der Waals surface area (Å²) in [6, 6.07) is 9.14. The van der Waals surface area contributed by atoms with Gasteiger partial charge < -0.3 is 15.0 Å². The molecular formula is C16H21NO4. The molecule has 0 bridgehead atoms. The third-order valence-electron chi connectivity index (χ3n) is 4.78. The number of amides is 1. The molecule has 1 unspecified atom stereocenters. The fourth-order valence-electron chi connectivity index (χ4n) is 3.24. The van der Waals surface area contributed by atoms with E-state index in [1.165, 1.54) is 0 Å². The van der Waals surface area contributed by atoms with Crippen LogP contribution in [-0.4, -0.2) is 34.2 Å². The van der Waals surface area contributed by atoms with E-state index in [2.05, 4.69) is 0 Å². The minimum absolute atomic E-state index is 0.0563. The summed E-state index contributed by atoms with van der Waals surface area (Å²) in [4.78, 5) is 23.4. The van der Waals surface area contributed by atoms with E-state index in [1.54, 1.807) is 6.92 Å². The SMILES string of the molecule is CC1CC[C@](C)(C(=O)O)C[N@+]1(Cc1ccccc1)C(=O)[O-]. The Morgan fingerprint density at radius 2 is 2.00 bits per heavy atom. The molecule has 0 aliphatic carbocycles. The number of benzene rings is 1. The van der Waals surface area contributed by atoms with Gasteiger partial charge in [-0.05, 0) is 20.3 Å². The molecule has 0 radical (unpaired) electrons. The quantitative estimate of drug-likeness (QED) is 0.858. The lowest BCUT2D eigenvalue weighted by molar-refractivity contribution is -0.920. The fourth-order valence-corrected chi connectivity index (χ4v) is 3.24. The first-order valence-corrected chi connectivity index (χ1v) is 7.16. The predicted molar refractivity (Wildman–Crippen MR) is 75.1 cm³/mol. The predicted octanol–water partition coefficient (Wildman–Crippen LogP) is 1.62. The molecule has 1 heterocycles. The van der Waals surface area contributed by atoms with Crippen molar-refractivity contribution >= 4 is 12.1 Å². The molecule has 1 amide bonds. The second kappa shape index (κ2) is 5.48. The van der Waals surface area contributed by atoms with E-state index >= 15 is 0 Å². The van der Waals surface area contributed by atoms with Crippen LogP contribution in [0.15, 0.2) is 30.3 Å². The van der Waals surface area contributed by atoms with E-state index < -0.39 is 17.5 Å². The van der Waals surface area contributed by atoms with Crippen molar-refractivity contribution in [2.45, 2.75) is 39.3 Å². The molecule has 1 aliphatic heterocycles. The number of rotatable bonds is 3. The number of nitrogens with zero attached hydrogens (tertiary/aromatic N) is 1. The summed E-state index contributed by atoms with van der Waals surface area (Å²) in [5.74, 6) is -0.939. The van der Waals surface area contributed by atoms with Gasteiger partial charge in [-0.2, -0.15) is 0 Å². The van der Waals surface area contributed by atoms with Gasteiger partial charge in [0.2, 0.25) is 0 Å². The van der Waals surface area contributed by atoms with Crippen molar-refractivity contribution in [2.24, 2.45) is 5.41 Å². The van der Waals surface area contributed by atoms with Gasteiger partial charge in [-0.3, -0.25) is 9.28 Å². The van der Waals surface area contributed by atoms with Gasteiger partial charge in [-0.1, -0.05) is 30.3 Å². The molecule has 1 saturated heterocycles. The average Bonchev–Trinajstić information content (AvgIpc) is 2.44. The number of carboxylic acids is 1. The molecule has 1 aliphatic rings. The van der Waals surface area contributed by atoms with E-state index in [0.29, 0.717) is 12.8 Å². The van der Waals surface area contributed by atoms with Crippen LogP contribution >= 0.6 is 0 Å². The van der Waals surface area contributed by atoms with Crippen molar-refractivity contribution in [3.05, 3.63) is 35.9 Å². The largest absolute Gasteiger partial charge is 0.498 e. The lowest BCUT2D eigenvalue weighted by Crippen LogP contribution is -2.68. The third kappa shape index (κ3) is 2.78. The fraction of sp³-hybridized carbons (Fsp3) is 0.500. The zero-order valence-electron chi connectivity index (χ0n) is 12.4. The number of quaternary nitrogens is 1. The Labute approximate surface area is 124 Å². The standard InChI is InChI=1S/C16H21NO4/c1-12-8-9-16(2,14(18)19)11-17(12,15(20)21)10-13-6-4-3-5-7-13/h3-7,12H,8-11H2,1-2H3,(H-,18,19,20,21)/t12?,16-,17-/m0/s1. The molecule has 1 aromatic carbocycles. The molecular weight excluding hydrogens is 270 g/mol. The summed E-state index contributed by atoms with van der Waals surface area (Å²) >= 11 is 0. The summed E-state index contributed by atoms with van der Waals surface area (Å²) in [5.41, 5.74) is -0.148. The zero-order valence-corrected chi connectivity index (χ0v) is 12.4. The first kappa shape index (κ1) is 15.5. The molecule has 3 atom stereocenters. The number of hydrogen-bond donors (Lipinski definition) is 1. The summed E-state index contributed by atoms with van der Waals surface area (Å²) in [6.07, 6.45) is -0.145. The molecule has 5 nitrogen and oxygen atoms in total. The smallest absolute Gasteiger partial charge is 0.315 e. The van der Waals surface area contributed by atoms with Crippen molar-refractivity contribution in [1.82, 2.24) is 0 Å².